The van der Waals surface area contributed by atoms with Crippen LogP contribution in [0.3, 0.4) is 0 Å². The molecule has 0 aliphatic carbocycles. The largest absolute Gasteiger partial charge is 0.389 e. The van der Waals surface area contributed by atoms with Gasteiger partial charge in [-0.3, -0.25) is 0 Å². The molecule has 0 spiro atoms. The summed E-state index contributed by atoms with van der Waals surface area (Å²) in [4.78, 5) is 0.340. The van der Waals surface area contributed by atoms with Crippen molar-refractivity contribution in [3.8, 4) is 0 Å². The van der Waals surface area contributed by atoms with Crippen molar-refractivity contribution in [3.05, 3.63) is 57.0 Å². The topological polar surface area (TPSA) is 38.0 Å². The van der Waals surface area contributed by atoms with Crippen LogP contribution >= 0.6 is 39.7 Å². The molecule has 0 bridgehead atoms. The molecular formula is C14H12BrClN2S. The van der Waals surface area contributed by atoms with Crippen molar-refractivity contribution in [2.24, 2.45) is 5.73 Å². The second-order valence-electron chi connectivity index (χ2n) is 4.10. The first-order valence-electron chi connectivity index (χ1n) is 5.60. The summed E-state index contributed by atoms with van der Waals surface area (Å²) in [6.07, 6.45) is 0. The highest BCUT2D eigenvalue weighted by Gasteiger charge is 2.06. The number of nitrogens with two attached hydrogens (primary N) is 1. The van der Waals surface area contributed by atoms with Gasteiger partial charge in [-0.05, 0) is 42.8 Å². The fourth-order valence-electron chi connectivity index (χ4n) is 1.66. The van der Waals surface area contributed by atoms with E-state index in [0.29, 0.717) is 10.0 Å². The van der Waals surface area contributed by atoms with E-state index in [9.17, 15) is 0 Å². The van der Waals surface area contributed by atoms with Gasteiger partial charge in [-0.2, -0.15) is 0 Å². The molecule has 2 nitrogen and oxygen atoms in total. The zero-order chi connectivity index (χ0) is 14.0. The summed E-state index contributed by atoms with van der Waals surface area (Å²) >= 11 is 14.7. The van der Waals surface area contributed by atoms with Crippen molar-refractivity contribution in [2.75, 3.05) is 5.32 Å². The highest BCUT2D eigenvalue weighted by molar-refractivity contribution is 9.10. The molecule has 2 aromatic rings. The van der Waals surface area contributed by atoms with E-state index in [1.807, 2.05) is 37.3 Å². The lowest BCUT2D eigenvalue weighted by atomic mass is 10.1. The maximum atomic E-state index is 6.23. The third-order valence-electron chi connectivity index (χ3n) is 2.79. The van der Waals surface area contributed by atoms with E-state index in [1.54, 1.807) is 6.07 Å². The first-order valence-corrected chi connectivity index (χ1v) is 7.18. The molecule has 19 heavy (non-hydrogen) atoms. The third kappa shape index (κ3) is 3.26. The van der Waals surface area contributed by atoms with Gasteiger partial charge in [0.1, 0.15) is 4.99 Å². The summed E-state index contributed by atoms with van der Waals surface area (Å²) in [5.41, 5.74) is 9.28. The summed E-state index contributed by atoms with van der Waals surface area (Å²) in [6.45, 7) is 2.03. The Balaban J connectivity index is 2.34. The van der Waals surface area contributed by atoms with Gasteiger partial charge in [0.2, 0.25) is 0 Å². The van der Waals surface area contributed by atoms with Crippen LogP contribution in [0.4, 0.5) is 11.4 Å². The van der Waals surface area contributed by atoms with E-state index in [2.05, 4.69) is 21.2 Å². The summed E-state index contributed by atoms with van der Waals surface area (Å²) < 4.78 is 1.05. The maximum Gasteiger partial charge on any atom is 0.104 e. The lowest BCUT2D eigenvalue weighted by Gasteiger charge is -2.12. The van der Waals surface area contributed by atoms with Crippen LogP contribution < -0.4 is 11.1 Å². The number of benzene rings is 2. The minimum absolute atomic E-state index is 0.340. The van der Waals surface area contributed by atoms with Gasteiger partial charge in [-0.15, -0.1) is 0 Å². The molecule has 0 aliphatic heterocycles. The van der Waals surface area contributed by atoms with Crippen molar-refractivity contribution in [3.63, 3.8) is 0 Å². The fraction of sp³-hybridized carbons (Fsp3) is 0.0714. The van der Waals surface area contributed by atoms with E-state index in [-0.39, 0.29) is 0 Å². The van der Waals surface area contributed by atoms with Gasteiger partial charge in [0.05, 0.1) is 10.7 Å². The molecule has 0 aliphatic rings. The van der Waals surface area contributed by atoms with Crippen LogP contribution in [-0.4, -0.2) is 4.99 Å². The van der Waals surface area contributed by atoms with Crippen LogP contribution in [0.25, 0.3) is 0 Å². The Hall–Kier alpha value is -1.10. The van der Waals surface area contributed by atoms with Crippen LogP contribution in [-0.2, 0) is 0 Å². The monoisotopic (exact) mass is 354 g/mol. The van der Waals surface area contributed by atoms with E-state index in [1.165, 1.54) is 0 Å². The summed E-state index contributed by atoms with van der Waals surface area (Å²) in [6, 6.07) is 11.5. The molecule has 0 radical (unpaired) electrons. The van der Waals surface area contributed by atoms with Crippen molar-refractivity contribution in [1.29, 1.82) is 0 Å². The Morgan fingerprint density at radius 2 is 2.00 bits per heavy atom. The zero-order valence-electron chi connectivity index (χ0n) is 10.2. The number of rotatable bonds is 3. The number of hydrogen-bond acceptors (Lipinski definition) is 2. The molecule has 3 N–H and O–H groups in total. The van der Waals surface area contributed by atoms with Gasteiger partial charge in [0.15, 0.2) is 0 Å². The quantitative estimate of drug-likeness (QED) is 0.778. The fourth-order valence-corrected chi connectivity index (χ4v) is 2.38. The second kappa shape index (κ2) is 5.90. The minimum atomic E-state index is 0.340. The number of halogens is 2. The lowest BCUT2D eigenvalue weighted by Crippen LogP contribution is -2.09. The first kappa shape index (κ1) is 14.3. The van der Waals surface area contributed by atoms with Crippen LogP contribution in [0, 0.1) is 6.92 Å². The average molecular weight is 356 g/mol. The van der Waals surface area contributed by atoms with Crippen LogP contribution in [0.15, 0.2) is 40.9 Å². The molecule has 0 saturated carbocycles. The van der Waals surface area contributed by atoms with Gasteiger partial charge >= 0.3 is 0 Å². The smallest absolute Gasteiger partial charge is 0.104 e. The van der Waals surface area contributed by atoms with Gasteiger partial charge in [-0.25, -0.2) is 0 Å². The highest BCUT2D eigenvalue weighted by atomic mass is 79.9. The molecule has 0 amide bonds. The van der Waals surface area contributed by atoms with Gasteiger partial charge in [-0.1, -0.05) is 45.8 Å². The molecule has 0 heterocycles. The zero-order valence-corrected chi connectivity index (χ0v) is 13.4. The Bertz CT molecular complexity index is 643. The number of thiocarbonyl (C=S) groups is 1. The molecule has 2 rings (SSSR count). The molecule has 5 heteroatoms. The standard InChI is InChI=1S/C14H12BrClN2S/c1-8-10(15)3-2-4-12(8)18-13-6-5-9(14(17)19)7-11(13)16/h2-7,18H,1H3,(H2,17,19). The normalized spacial score (nSPS) is 10.3. The average Bonchev–Trinajstić information content (AvgIpc) is 2.37. The van der Waals surface area contributed by atoms with Crippen molar-refractivity contribution in [1.82, 2.24) is 0 Å². The van der Waals surface area contributed by atoms with Crippen LogP contribution in [0.2, 0.25) is 5.02 Å². The maximum absolute atomic E-state index is 6.23. The predicted molar refractivity (Wildman–Crippen MR) is 89.5 cm³/mol. The van der Waals surface area contributed by atoms with E-state index < -0.39 is 0 Å². The Morgan fingerprint density at radius 1 is 1.26 bits per heavy atom. The molecule has 0 atom stereocenters. The Kier molecular flexibility index (Phi) is 4.45. The van der Waals surface area contributed by atoms with Crippen molar-refractivity contribution < 1.29 is 0 Å². The lowest BCUT2D eigenvalue weighted by molar-refractivity contribution is 1.40. The summed E-state index contributed by atoms with van der Waals surface area (Å²) in [5.74, 6) is 0. The molecule has 0 saturated heterocycles. The Morgan fingerprint density at radius 3 is 2.63 bits per heavy atom. The molecule has 0 aromatic heterocycles. The van der Waals surface area contributed by atoms with Gasteiger partial charge < -0.3 is 11.1 Å². The molecular weight excluding hydrogens is 344 g/mol. The SMILES string of the molecule is Cc1c(Br)cccc1Nc1ccc(C(N)=S)cc1Cl. The second-order valence-corrected chi connectivity index (χ2v) is 5.80. The summed E-state index contributed by atoms with van der Waals surface area (Å²) in [5, 5.41) is 3.89. The van der Waals surface area contributed by atoms with Crippen molar-refractivity contribution >= 4 is 56.1 Å². The number of hydrogen-bond donors (Lipinski definition) is 2. The van der Waals surface area contributed by atoms with E-state index >= 15 is 0 Å². The van der Waals surface area contributed by atoms with Crippen molar-refractivity contribution in [2.45, 2.75) is 6.92 Å². The molecule has 2 aromatic carbocycles. The predicted octanol–water partition coefficient (Wildman–Crippen LogP) is 4.79. The molecule has 98 valence electrons. The molecule has 0 unspecified atom stereocenters. The van der Waals surface area contributed by atoms with E-state index in [4.69, 9.17) is 29.6 Å². The van der Waals surface area contributed by atoms with Gasteiger partial charge in [0.25, 0.3) is 0 Å². The Labute approximate surface area is 131 Å². The van der Waals surface area contributed by atoms with Crippen LogP contribution in [0.5, 0.6) is 0 Å². The third-order valence-corrected chi connectivity index (χ3v) is 4.20. The van der Waals surface area contributed by atoms with Crippen LogP contribution in [0.1, 0.15) is 11.1 Å². The first-order chi connectivity index (χ1) is 8.99. The summed E-state index contributed by atoms with van der Waals surface area (Å²) in [7, 11) is 0. The number of nitrogens with one attached hydrogen (secondary N) is 1. The number of anilines is 2. The molecule has 0 fully saturated rings. The minimum Gasteiger partial charge on any atom is -0.389 e. The van der Waals surface area contributed by atoms with Gasteiger partial charge in [0, 0.05) is 15.7 Å². The highest BCUT2D eigenvalue weighted by Crippen LogP contribution is 2.30. The van der Waals surface area contributed by atoms with E-state index in [0.717, 1.165) is 27.0 Å².